The fourth-order valence-electron chi connectivity index (χ4n) is 2.68. The average Bonchev–Trinajstić information content (AvgIpc) is 2.69. The molecule has 1 amide bonds. The zero-order chi connectivity index (χ0) is 19.9. The minimum absolute atomic E-state index is 0.0460. The number of nitrogens with one attached hydrogen (secondary N) is 1. The van der Waals surface area contributed by atoms with Gasteiger partial charge < -0.3 is 10.1 Å². The fraction of sp³-hybridized carbons (Fsp3) is 0.130. The van der Waals surface area contributed by atoms with Crippen LogP contribution >= 0.6 is 11.6 Å². The van der Waals surface area contributed by atoms with Crippen molar-refractivity contribution in [3.8, 4) is 22.8 Å². The van der Waals surface area contributed by atoms with Gasteiger partial charge in [-0.2, -0.15) is 0 Å². The molecule has 4 nitrogen and oxygen atoms in total. The number of rotatable bonds is 6. The average molecular weight is 393 g/mol. The van der Waals surface area contributed by atoms with Gasteiger partial charge in [0.1, 0.15) is 5.75 Å². The molecule has 1 aromatic heterocycles. The highest BCUT2D eigenvalue weighted by Crippen LogP contribution is 2.32. The van der Waals surface area contributed by atoms with E-state index >= 15 is 0 Å². The molecule has 0 aliphatic rings. The lowest BCUT2D eigenvalue weighted by Gasteiger charge is -2.09. The number of halogens is 1. The molecule has 1 heterocycles. The summed E-state index contributed by atoms with van der Waals surface area (Å²) in [4.78, 5) is 15.3. The lowest BCUT2D eigenvalue weighted by atomic mass is 10.1. The van der Waals surface area contributed by atoms with Gasteiger partial charge in [-0.05, 0) is 41.8 Å². The molecule has 1 atom stereocenters. The highest BCUT2D eigenvalue weighted by molar-refractivity contribution is 6.32. The van der Waals surface area contributed by atoms with Crippen molar-refractivity contribution in [2.24, 2.45) is 0 Å². The first kappa shape index (κ1) is 19.6. The zero-order valence-electron chi connectivity index (χ0n) is 15.7. The molecule has 0 aliphatic carbocycles. The van der Waals surface area contributed by atoms with E-state index in [0.29, 0.717) is 16.7 Å². The van der Waals surface area contributed by atoms with Gasteiger partial charge >= 0.3 is 0 Å². The summed E-state index contributed by atoms with van der Waals surface area (Å²) in [6.45, 7) is 3.40. The van der Waals surface area contributed by atoms with Crippen molar-refractivity contribution in [2.75, 3.05) is 0 Å². The summed E-state index contributed by atoms with van der Waals surface area (Å²) in [5, 5.41) is 3.32. The van der Waals surface area contributed by atoms with Crippen LogP contribution in [0.15, 0.2) is 72.9 Å². The van der Waals surface area contributed by atoms with Crippen LogP contribution in [0.25, 0.3) is 17.2 Å². The van der Waals surface area contributed by atoms with Crippen molar-refractivity contribution in [1.29, 1.82) is 0 Å². The predicted molar refractivity (Wildman–Crippen MR) is 114 cm³/mol. The van der Waals surface area contributed by atoms with E-state index in [-0.39, 0.29) is 11.9 Å². The first-order chi connectivity index (χ1) is 13.5. The van der Waals surface area contributed by atoms with Crippen molar-refractivity contribution in [2.45, 2.75) is 19.9 Å². The van der Waals surface area contributed by atoms with Crippen LogP contribution in [0.3, 0.4) is 0 Å². The number of ether oxygens (including phenoxy) is 1. The Bertz CT molecular complexity index is 970. The summed E-state index contributed by atoms with van der Waals surface area (Å²) in [5.41, 5.74) is 3.04. The molecular weight excluding hydrogens is 372 g/mol. The second-order valence-corrected chi connectivity index (χ2v) is 6.80. The van der Waals surface area contributed by atoms with Gasteiger partial charge in [0.15, 0.2) is 0 Å². The minimum atomic E-state index is -0.0609. The van der Waals surface area contributed by atoms with Crippen LogP contribution < -0.4 is 10.1 Å². The molecule has 3 aromatic rings. The van der Waals surface area contributed by atoms with Crippen LogP contribution in [-0.2, 0) is 4.79 Å². The second kappa shape index (κ2) is 9.20. The van der Waals surface area contributed by atoms with E-state index in [1.54, 1.807) is 12.3 Å². The first-order valence-electron chi connectivity index (χ1n) is 8.95. The van der Waals surface area contributed by atoms with E-state index < -0.39 is 0 Å². The monoisotopic (exact) mass is 392 g/mol. The van der Waals surface area contributed by atoms with Crippen LogP contribution in [0, 0.1) is 0 Å². The molecule has 0 unspecified atom stereocenters. The lowest BCUT2D eigenvalue weighted by Crippen LogP contribution is -2.28. The molecule has 0 bridgehead atoms. The van der Waals surface area contributed by atoms with E-state index in [1.165, 1.54) is 6.92 Å². The molecular formula is C23H21ClN2O2. The first-order valence-corrected chi connectivity index (χ1v) is 9.33. The summed E-state index contributed by atoms with van der Waals surface area (Å²) < 4.78 is 5.81. The van der Waals surface area contributed by atoms with E-state index in [1.807, 2.05) is 73.7 Å². The Morgan fingerprint density at radius 3 is 2.54 bits per heavy atom. The summed E-state index contributed by atoms with van der Waals surface area (Å²) in [5.74, 6) is 0.951. The SMILES string of the molecule is CC(=O)N[C@@H](C)C=Cc1ccc(Oc2ccc(-c3ccccc3)cc2Cl)nc1. The summed E-state index contributed by atoms with van der Waals surface area (Å²) in [6, 6.07) is 19.4. The van der Waals surface area contributed by atoms with Crippen molar-refractivity contribution < 1.29 is 9.53 Å². The van der Waals surface area contributed by atoms with Crippen LogP contribution in [0.5, 0.6) is 11.6 Å². The number of aromatic nitrogens is 1. The van der Waals surface area contributed by atoms with Crippen molar-refractivity contribution >= 4 is 23.6 Å². The highest BCUT2D eigenvalue weighted by Gasteiger charge is 2.07. The number of hydrogen-bond acceptors (Lipinski definition) is 3. The topological polar surface area (TPSA) is 51.2 Å². The second-order valence-electron chi connectivity index (χ2n) is 6.39. The molecule has 0 radical (unpaired) electrons. The Hall–Kier alpha value is -3.11. The lowest BCUT2D eigenvalue weighted by molar-refractivity contribution is -0.119. The number of pyridine rings is 1. The molecule has 0 spiro atoms. The molecule has 28 heavy (non-hydrogen) atoms. The van der Waals surface area contributed by atoms with Gasteiger partial charge in [0.25, 0.3) is 0 Å². The summed E-state index contributed by atoms with van der Waals surface area (Å²) in [7, 11) is 0. The quantitative estimate of drug-likeness (QED) is 0.582. The van der Waals surface area contributed by atoms with E-state index in [9.17, 15) is 4.79 Å². The summed E-state index contributed by atoms with van der Waals surface area (Å²) >= 11 is 6.39. The number of amides is 1. The van der Waals surface area contributed by atoms with Gasteiger partial charge in [-0.1, -0.05) is 60.2 Å². The standard InChI is InChI=1S/C23H21ClN2O2/c1-16(26-17(2)27)8-9-18-10-13-23(25-15-18)28-22-12-11-20(14-21(22)24)19-6-4-3-5-7-19/h3-16H,1-2H3,(H,26,27)/t16-/m0/s1. The molecule has 142 valence electrons. The predicted octanol–water partition coefficient (Wildman–Crippen LogP) is 5.73. The molecule has 0 saturated heterocycles. The Morgan fingerprint density at radius 2 is 1.89 bits per heavy atom. The Kier molecular flexibility index (Phi) is 6.45. The molecule has 3 rings (SSSR count). The van der Waals surface area contributed by atoms with Crippen LogP contribution in [-0.4, -0.2) is 16.9 Å². The van der Waals surface area contributed by atoms with Gasteiger partial charge in [0.05, 0.1) is 5.02 Å². The highest BCUT2D eigenvalue weighted by atomic mass is 35.5. The van der Waals surface area contributed by atoms with Crippen molar-refractivity contribution in [3.05, 3.63) is 83.5 Å². The van der Waals surface area contributed by atoms with Crippen LogP contribution in [0.1, 0.15) is 19.4 Å². The number of carbonyl (C=O) groups is 1. The van der Waals surface area contributed by atoms with Crippen LogP contribution in [0.4, 0.5) is 0 Å². The number of nitrogens with zero attached hydrogens (tertiary/aromatic N) is 1. The third-order valence-corrected chi connectivity index (χ3v) is 4.32. The molecule has 5 heteroatoms. The summed E-state index contributed by atoms with van der Waals surface area (Å²) in [6.07, 6.45) is 5.51. The smallest absolute Gasteiger partial charge is 0.219 e. The zero-order valence-corrected chi connectivity index (χ0v) is 16.5. The maximum Gasteiger partial charge on any atom is 0.219 e. The van der Waals surface area contributed by atoms with Crippen LogP contribution in [0.2, 0.25) is 5.02 Å². The minimum Gasteiger partial charge on any atom is -0.437 e. The normalized spacial score (nSPS) is 12.0. The molecule has 0 aliphatic heterocycles. The number of hydrogen-bond donors (Lipinski definition) is 1. The number of benzene rings is 2. The van der Waals surface area contributed by atoms with E-state index in [0.717, 1.165) is 16.7 Å². The molecule has 2 aromatic carbocycles. The van der Waals surface area contributed by atoms with Gasteiger partial charge in [0.2, 0.25) is 11.8 Å². The van der Waals surface area contributed by atoms with Gasteiger partial charge in [-0.3, -0.25) is 4.79 Å². The Balaban J connectivity index is 1.67. The van der Waals surface area contributed by atoms with Gasteiger partial charge in [-0.25, -0.2) is 4.98 Å². The molecule has 0 fully saturated rings. The fourth-order valence-corrected chi connectivity index (χ4v) is 2.90. The molecule has 1 N–H and O–H groups in total. The number of carbonyl (C=O) groups excluding carboxylic acids is 1. The van der Waals surface area contributed by atoms with Crippen molar-refractivity contribution in [1.82, 2.24) is 10.3 Å². The van der Waals surface area contributed by atoms with E-state index in [4.69, 9.17) is 16.3 Å². The van der Waals surface area contributed by atoms with E-state index in [2.05, 4.69) is 10.3 Å². The largest absolute Gasteiger partial charge is 0.437 e. The Labute approximate surface area is 169 Å². The molecule has 0 saturated carbocycles. The maximum atomic E-state index is 11.0. The third kappa shape index (κ3) is 5.44. The van der Waals surface area contributed by atoms with Gasteiger partial charge in [0, 0.05) is 25.2 Å². The third-order valence-electron chi connectivity index (χ3n) is 4.02. The Morgan fingerprint density at radius 1 is 1.11 bits per heavy atom. The van der Waals surface area contributed by atoms with Gasteiger partial charge in [-0.15, -0.1) is 0 Å². The maximum absolute atomic E-state index is 11.0. The van der Waals surface area contributed by atoms with Crippen molar-refractivity contribution in [3.63, 3.8) is 0 Å².